The third-order valence-electron chi connectivity index (χ3n) is 3.16. The van der Waals surface area contributed by atoms with E-state index >= 15 is 0 Å². The van der Waals surface area contributed by atoms with Gasteiger partial charge in [0.1, 0.15) is 5.78 Å². The normalized spacial score (nSPS) is 12.7. The molecule has 0 heterocycles. The van der Waals surface area contributed by atoms with E-state index in [-0.39, 0.29) is 49.6 Å². The molecule has 0 rings (SSSR count). The third-order valence-corrected chi connectivity index (χ3v) is 3.16. The molecule has 3 N–H and O–H groups in total. The highest BCUT2D eigenvalue weighted by Crippen LogP contribution is 2.25. The highest BCUT2D eigenvalue weighted by molar-refractivity contribution is 5.85. The van der Waals surface area contributed by atoms with Crippen LogP contribution in [0.25, 0.3) is 0 Å². The Labute approximate surface area is 113 Å². The molecule has 0 spiro atoms. The fourth-order valence-electron chi connectivity index (χ4n) is 1.26. The van der Waals surface area contributed by atoms with Gasteiger partial charge in [0.25, 0.3) is 0 Å². The monoisotopic (exact) mass is 272 g/mol. The average Bonchev–Trinajstić information content (AvgIpc) is 2.35. The van der Waals surface area contributed by atoms with Crippen LogP contribution in [-0.4, -0.2) is 42.4 Å². The molecule has 6 heteroatoms. The van der Waals surface area contributed by atoms with Crippen LogP contribution in [0.5, 0.6) is 0 Å². The molecule has 0 aromatic heterocycles. The van der Waals surface area contributed by atoms with Gasteiger partial charge in [-0.05, 0) is 12.3 Å². The highest BCUT2D eigenvalue weighted by atomic mass is 16.3. The molecular weight excluding hydrogens is 248 g/mol. The van der Waals surface area contributed by atoms with Crippen LogP contribution in [0.2, 0.25) is 0 Å². The van der Waals surface area contributed by atoms with Crippen molar-refractivity contribution in [1.82, 2.24) is 10.6 Å². The van der Waals surface area contributed by atoms with E-state index in [0.717, 1.165) is 0 Å². The largest absolute Gasteiger partial charge is 0.396 e. The first kappa shape index (κ1) is 17.6. The maximum absolute atomic E-state index is 11.8. The number of aliphatic hydroxyl groups excluding tert-OH is 1. The summed E-state index contributed by atoms with van der Waals surface area (Å²) in [5.74, 6) is -0.934. The molecule has 0 radical (unpaired) electrons. The number of ketones is 1. The summed E-state index contributed by atoms with van der Waals surface area (Å²) in [4.78, 5) is 33.7. The van der Waals surface area contributed by atoms with Crippen LogP contribution in [0.1, 0.15) is 34.1 Å². The van der Waals surface area contributed by atoms with E-state index in [1.54, 1.807) is 20.8 Å². The molecule has 0 aliphatic heterocycles. The Morgan fingerprint density at radius 1 is 1.21 bits per heavy atom. The summed E-state index contributed by atoms with van der Waals surface area (Å²) >= 11 is 0. The van der Waals surface area contributed by atoms with Crippen molar-refractivity contribution < 1.29 is 19.5 Å². The molecule has 0 saturated carbocycles. The molecule has 0 unspecified atom stereocenters. The van der Waals surface area contributed by atoms with Crippen molar-refractivity contribution in [3.05, 3.63) is 0 Å². The van der Waals surface area contributed by atoms with E-state index in [9.17, 15) is 19.5 Å². The van der Waals surface area contributed by atoms with Crippen molar-refractivity contribution in [3.8, 4) is 0 Å². The van der Waals surface area contributed by atoms with Crippen LogP contribution in [0.3, 0.4) is 0 Å². The number of aliphatic hydroxyl groups is 1. The van der Waals surface area contributed by atoms with E-state index in [2.05, 4.69) is 10.6 Å². The number of hydrogen-bond donors (Lipinski definition) is 3. The molecular formula is C13H24N2O4. The second kappa shape index (κ2) is 7.89. The summed E-state index contributed by atoms with van der Waals surface area (Å²) in [5.41, 5.74) is -0.499. The van der Waals surface area contributed by atoms with Crippen molar-refractivity contribution in [2.45, 2.75) is 34.1 Å². The Hall–Kier alpha value is -1.43. The summed E-state index contributed by atoms with van der Waals surface area (Å²) in [6.07, 6.45) is 0.130. The summed E-state index contributed by atoms with van der Waals surface area (Å²) in [7, 11) is 0. The summed E-state index contributed by atoms with van der Waals surface area (Å²) < 4.78 is 0. The molecule has 0 aliphatic carbocycles. The van der Waals surface area contributed by atoms with E-state index in [0.29, 0.717) is 0 Å². The molecule has 110 valence electrons. The first-order valence-electron chi connectivity index (χ1n) is 6.35. The quantitative estimate of drug-likeness (QED) is 0.573. The fraction of sp³-hybridized carbons (Fsp3) is 0.769. The summed E-state index contributed by atoms with van der Waals surface area (Å²) in [6, 6.07) is 0. The van der Waals surface area contributed by atoms with Gasteiger partial charge in [-0.3, -0.25) is 14.4 Å². The zero-order valence-electron chi connectivity index (χ0n) is 12.1. The maximum Gasteiger partial charge on any atom is 0.223 e. The first-order chi connectivity index (χ1) is 8.70. The van der Waals surface area contributed by atoms with E-state index in [4.69, 9.17) is 0 Å². The van der Waals surface area contributed by atoms with Gasteiger partial charge in [-0.15, -0.1) is 0 Å². The SMILES string of the molecule is CC(=O)CNC(=O)CCNC(=O)[C@H](C)C(C)(C)CO. The lowest BCUT2D eigenvalue weighted by Crippen LogP contribution is -2.40. The van der Waals surface area contributed by atoms with Gasteiger partial charge in [0.2, 0.25) is 11.8 Å². The minimum Gasteiger partial charge on any atom is -0.396 e. The molecule has 19 heavy (non-hydrogen) atoms. The van der Waals surface area contributed by atoms with E-state index in [1.807, 2.05) is 0 Å². The van der Waals surface area contributed by atoms with Crippen molar-refractivity contribution in [3.63, 3.8) is 0 Å². The van der Waals surface area contributed by atoms with Gasteiger partial charge in [0.15, 0.2) is 0 Å². The highest BCUT2D eigenvalue weighted by Gasteiger charge is 2.30. The predicted molar refractivity (Wildman–Crippen MR) is 71.3 cm³/mol. The standard InChI is InChI=1S/C13H24N2O4/c1-9(17)7-15-11(18)5-6-14-12(19)10(2)13(3,4)8-16/h10,16H,5-8H2,1-4H3,(H,14,19)(H,15,18)/t10-/m0/s1. The third kappa shape index (κ3) is 6.91. The Balaban J connectivity index is 3.98. The van der Waals surface area contributed by atoms with Crippen molar-refractivity contribution in [1.29, 1.82) is 0 Å². The van der Waals surface area contributed by atoms with Gasteiger partial charge in [-0.2, -0.15) is 0 Å². The molecule has 0 saturated heterocycles. The molecule has 6 nitrogen and oxygen atoms in total. The summed E-state index contributed by atoms with van der Waals surface area (Å²) in [5, 5.41) is 14.3. The van der Waals surface area contributed by atoms with Gasteiger partial charge in [-0.1, -0.05) is 20.8 Å². The Kier molecular flexibility index (Phi) is 7.29. The second-order valence-electron chi connectivity index (χ2n) is 5.39. The number of carbonyl (C=O) groups is 3. The smallest absolute Gasteiger partial charge is 0.223 e. The lowest BCUT2D eigenvalue weighted by Gasteiger charge is -2.28. The van der Waals surface area contributed by atoms with Crippen LogP contribution < -0.4 is 10.6 Å². The number of rotatable bonds is 8. The number of hydrogen-bond acceptors (Lipinski definition) is 4. The van der Waals surface area contributed by atoms with Gasteiger partial charge >= 0.3 is 0 Å². The molecule has 0 bridgehead atoms. The number of Topliss-reactive ketones (excluding diaryl/α,β-unsaturated/α-hetero) is 1. The molecule has 0 aliphatic rings. The first-order valence-corrected chi connectivity index (χ1v) is 6.35. The Morgan fingerprint density at radius 2 is 1.79 bits per heavy atom. The van der Waals surface area contributed by atoms with Crippen molar-refractivity contribution >= 4 is 17.6 Å². The second-order valence-corrected chi connectivity index (χ2v) is 5.39. The Bertz CT molecular complexity index is 340. The number of amides is 2. The van der Waals surface area contributed by atoms with E-state index < -0.39 is 5.41 Å². The van der Waals surface area contributed by atoms with E-state index in [1.165, 1.54) is 6.92 Å². The van der Waals surface area contributed by atoms with Crippen LogP contribution in [-0.2, 0) is 14.4 Å². The summed E-state index contributed by atoms with van der Waals surface area (Å²) in [6.45, 7) is 6.88. The van der Waals surface area contributed by atoms with Gasteiger partial charge in [0, 0.05) is 25.5 Å². The zero-order valence-corrected chi connectivity index (χ0v) is 12.1. The Morgan fingerprint density at radius 3 is 2.26 bits per heavy atom. The molecule has 0 aromatic rings. The molecule has 1 atom stereocenters. The topological polar surface area (TPSA) is 95.5 Å². The van der Waals surface area contributed by atoms with Gasteiger partial charge < -0.3 is 15.7 Å². The molecule has 0 aromatic carbocycles. The predicted octanol–water partition coefficient (Wildman–Crippen LogP) is -0.147. The molecule has 0 fully saturated rings. The molecule has 2 amide bonds. The average molecular weight is 272 g/mol. The lowest BCUT2D eigenvalue weighted by atomic mass is 9.80. The van der Waals surface area contributed by atoms with Gasteiger partial charge in [-0.25, -0.2) is 0 Å². The van der Waals surface area contributed by atoms with Crippen molar-refractivity contribution in [2.75, 3.05) is 19.7 Å². The maximum atomic E-state index is 11.8. The van der Waals surface area contributed by atoms with Crippen LogP contribution in [0.15, 0.2) is 0 Å². The van der Waals surface area contributed by atoms with Crippen molar-refractivity contribution in [2.24, 2.45) is 11.3 Å². The minimum absolute atomic E-state index is 0.0146. The number of carbonyl (C=O) groups excluding carboxylic acids is 3. The fourth-order valence-corrected chi connectivity index (χ4v) is 1.26. The lowest BCUT2D eigenvalue weighted by molar-refractivity contribution is -0.129. The van der Waals surface area contributed by atoms with Crippen LogP contribution >= 0.6 is 0 Å². The minimum atomic E-state index is -0.499. The van der Waals surface area contributed by atoms with Crippen LogP contribution in [0, 0.1) is 11.3 Å². The zero-order chi connectivity index (χ0) is 15.1. The number of nitrogens with one attached hydrogen (secondary N) is 2. The van der Waals surface area contributed by atoms with Gasteiger partial charge in [0.05, 0.1) is 6.54 Å². The van der Waals surface area contributed by atoms with Crippen LogP contribution in [0.4, 0.5) is 0 Å².